The van der Waals surface area contributed by atoms with Crippen LogP contribution in [0.4, 0.5) is 0 Å². The highest BCUT2D eigenvalue weighted by atomic mass is 35.5. The maximum Gasteiger partial charge on any atom is 0.341 e. The first kappa shape index (κ1) is 30.1. The Labute approximate surface area is 258 Å². The van der Waals surface area contributed by atoms with Gasteiger partial charge in [-0.3, -0.25) is 4.79 Å². The lowest BCUT2D eigenvalue weighted by molar-refractivity contribution is -0.204. The molecule has 2 aliphatic heterocycles. The molecule has 1 amide bonds. The maximum absolute atomic E-state index is 13.0. The molecule has 3 aromatic rings. The Morgan fingerprint density at radius 2 is 1.77 bits per heavy atom. The molecule has 230 valence electrons. The maximum atomic E-state index is 13.0. The average Bonchev–Trinajstić information content (AvgIpc) is 3.58. The second kappa shape index (κ2) is 12.6. The first-order chi connectivity index (χ1) is 21.1. The molecule has 0 spiro atoms. The molecule has 11 heteroatoms. The SMILES string of the molecule is O=C(OC1CC(O)CC(C(=O)O)O1)c1cc(-c2cccc(COc3ccc4c(c3)CN(C3CCC(O)C3)C4=O)c2)ccc1Cl. The number of esters is 1. The third kappa shape index (κ3) is 6.44. The fraction of sp³-hybridized carbons (Fsp3) is 0.364. The number of aliphatic hydroxyl groups excluding tert-OH is 2. The van der Waals surface area contributed by atoms with Crippen molar-refractivity contribution in [1.82, 2.24) is 4.90 Å². The van der Waals surface area contributed by atoms with Gasteiger partial charge in [0.15, 0.2) is 6.10 Å². The van der Waals surface area contributed by atoms with E-state index in [1.165, 1.54) is 0 Å². The average molecular weight is 622 g/mol. The zero-order chi connectivity index (χ0) is 31.0. The summed E-state index contributed by atoms with van der Waals surface area (Å²) in [5, 5.41) is 29.3. The van der Waals surface area contributed by atoms with E-state index in [9.17, 15) is 29.7 Å². The van der Waals surface area contributed by atoms with Gasteiger partial charge < -0.3 is 34.4 Å². The van der Waals surface area contributed by atoms with Crippen LogP contribution in [0.15, 0.2) is 60.7 Å². The van der Waals surface area contributed by atoms with E-state index in [4.69, 9.17) is 25.8 Å². The highest BCUT2D eigenvalue weighted by molar-refractivity contribution is 6.33. The van der Waals surface area contributed by atoms with Gasteiger partial charge in [-0.05, 0) is 77.9 Å². The minimum atomic E-state index is -1.27. The van der Waals surface area contributed by atoms with Crippen molar-refractivity contribution in [2.24, 2.45) is 0 Å². The van der Waals surface area contributed by atoms with E-state index >= 15 is 0 Å². The number of nitrogens with zero attached hydrogens (tertiary/aromatic N) is 1. The molecule has 3 aromatic carbocycles. The largest absolute Gasteiger partial charge is 0.489 e. The summed E-state index contributed by atoms with van der Waals surface area (Å²) in [7, 11) is 0. The summed E-state index contributed by atoms with van der Waals surface area (Å²) in [5.41, 5.74) is 4.05. The van der Waals surface area contributed by atoms with Crippen molar-refractivity contribution >= 4 is 29.4 Å². The van der Waals surface area contributed by atoms with E-state index in [1.54, 1.807) is 30.3 Å². The molecule has 3 N–H and O–H groups in total. The number of amides is 1. The van der Waals surface area contributed by atoms with Crippen LogP contribution < -0.4 is 4.74 Å². The molecular formula is C33H32ClNO9. The molecule has 2 heterocycles. The number of ether oxygens (including phenoxy) is 3. The Balaban J connectivity index is 1.11. The fourth-order valence-electron chi connectivity index (χ4n) is 6.07. The quantitative estimate of drug-likeness (QED) is 0.308. The smallest absolute Gasteiger partial charge is 0.341 e. The second-order valence-electron chi connectivity index (χ2n) is 11.5. The van der Waals surface area contributed by atoms with E-state index in [1.807, 2.05) is 35.2 Å². The Morgan fingerprint density at radius 3 is 2.55 bits per heavy atom. The molecule has 2 fully saturated rings. The van der Waals surface area contributed by atoms with Gasteiger partial charge in [-0.25, -0.2) is 9.59 Å². The third-order valence-corrected chi connectivity index (χ3v) is 8.69. The first-order valence-electron chi connectivity index (χ1n) is 14.6. The molecule has 3 aliphatic rings. The number of aliphatic carboxylic acids is 1. The molecule has 1 aliphatic carbocycles. The van der Waals surface area contributed by atoms with E-state index in [0.29, 0.717) is 29.8 Å². The van der Waals surface area contributed by atoms with E-state index in [0.717, 1.165) is 29.5 Å². The van der Waals surface area contributed by atoms with Crippen molar-refractivity contribution in [3.8, 4) is 16.9 Å². The lowest BCUT2D eigenvalue weighted by Gasteiger charge is -2.30. The van der Waals surface area contributed by atoms with Gasteiger partial charge >= 0.3 is 11.9 Å². The van der Waals surface area contributed by atoms with Crippen LogP contribution in [0.25, 0.3) is 11.1 Å². The molecule has 1 saturated carbocycles. The Morgan fingerprint density at radius 1 is 0.955 bits per heavy atom. The zero-order valence-electron chi connectivity index (χ0n) is 23.7. The van der Waals surface area contributed by atoms with Crippen LogP contribution in [0.1, 0.15) is 63.9 Å². The first-order valence-corrected chi connectivity index (χ1v) is 14.9. The van der Waals surface area contributed by atoms with Crippen LogP contribution in [-0.2, 0) is 27.4 Å². The predicted octanol–water partition coefficient (Wildman–Crippen LogP) is 4.56. The standard InChI is InChI=1S/C33H32ClNO9/c34-28-9-4-20(12-27(28)33(41)44-30-15-24(37)14-29(43-30)32(39)40)19-3-1-2-18(10-19)17-42-25-7-8-26-21(11-25)16-35(31(26)38)22-5-6-23(36)13-22/h1-4,7-12,22-24,29-30,36-37H,5-6,13-17H2,(H,39,40). The molecule has 0 aromatic heterocycles. The van der Waals surface area contributed by atoms with Crippen LogP contribution in [0.2, 0.25) is 5.02 Å². The van der Waals surface area contributed by atoms with Crippen LogP contribution >= 0.6 is 11.6 Å². The van der Waals surface area contributed by atoms with Gasteiger partial charge in [0.1, 0.15) is 12.4 Å². The van der Waals surface area contributed by atoms with Gasteiger partial charge in [-0.15, -0.1) is 0 Å². The van der Waals surface area contributed by atoms with Crippen molar-refractivity contribution in [2.75, 3.05) is 0 Å². The van der Waals surface area contributed by atoms with E-state index in [-0.39, 0.29) is 48.1 Å². The lowest BCUT2D eigenvalue weighted by atomic mass is 10.0. The summed E-state index contributed by atoms with van der Waals surface area (Å²) < 4.78 is 16.8. The van der Waals surface area contributed by atoms with Gasteiger partial charge in [0, 0.05) is 31.0 Å². The molecule has 10 nitrogen and oxygen atoms in total. The Hall–Kier alpha value is -3.96. The van der Waals surface area contributed by atoms with Gasteiger partial charge in [0.25, 0.3) is 5.91 Å². The predicted molar refractivity (Wildman–Crippen MR) is 158 cm³/mol. The molecule has 5 unspecified atom stereocenters. The molecule has 6 rings (SSSR count). The second-order valence-corrected chi connectivity index (χ2v) is 11.9. The fourth-order valence-corrected chi connectivity index (χ4v) is 6.26. The summed E-state index contributed by atoms with van der Waals surface area (Å²) in [6.07, 6.45) is -1.81. The zero-order valence-corrected chi connectivity index (χ0v) is 24.5. The number of hydrogen-bond acceptors (Lipinski definition) is 8. The molecule has 5 atom stereocenters. The van der Waals surface area contributed by atoms with Crippen LogP contribution in [0.5, 0.6) is 5.75 Å². The summed E-state index contributed by atoms with van der Waals surface area (Å²) >= 11 is 6.31. The van der Waals surface area contributed by atoms with Gasteiger partial charge in [-0.1, -0.05) is 35.9 Å². The molecule has 1 saturated heterocycles. The number of halogens is 1. The normalized spacial score (nSPS) is 24.7. The molecule has 0 bridgehead atoms. The highest BCUT2D eigenvalue weighted by Crippen LogP contribution is 2.34. The van der Waals surface area contributed by atoms with Crippen molar-refractivity contribution in [1.29, 1.82) is 0 Å². The minimum absolute atomic E-state index is 0.00196. The summed E-state index contributed by atoms with van der Waals surface area (Å²) in [5.74, 6) is -1.39. The number of benzene rings is 3. The van der Waals surface area contributed by atoms with Crippen LogP contribution in [0, 0.1) is 0 Å². The van der Waals surface area contributed by atoms with Crippen LogP contribution in [-0.4, -0.2) is 68.7 Å². The van der Waals surface area contributed by atoms with Crippen LogP contribution in [0.3, 0.4) is 0 Å². The number of aliphatic hydroxyl groups is 2. The monoisotopic (exact) mass is 621 g/mol. The van der Waals surface area contributed by atoms with Crippen molar-refractivity contribution in [2.45, 2.75) is 75.9 Å². The molecule has 44 heavy (non-hydrogen) atoms. The van der Waals surface area contributed by atoms with Crippen molar-refractivity contribution in [3.05, 3.63) is 87.9 Å². The van der Waals surface area contributed by atoms with Crippen molar-refractivity contribution in [3.63, 3.8) is 0 Å². The topological polar surface area (TPSA) is 143 Å². The number of carboxylic acids is 1. The summed E-state index contributed by atoms with van der Waals surface area (Å²) in [6.45, 7) is 0.779. The number of carbonyl (C=O) groups is 3. The number of carboxylic acid groups (broad SMARTS) is 1. The Bertz CT molecular complexity index is 1590. The van der Waals surface area contributed by atoms with E-state index < -0.39 is 30.4 Å². The van der Waals surface area contributed by atoms with Crippen molar-refractivity contribution < 1.29 is 43.9 Å². The summed E-state index contributed by atoms with van der Waals surface area (Å²) in [4.78, 5) is 39.0. The minimum Gasteiger partial charge on any atom is -0.489 e. The summed E-state index contributed by atoms with van der Waals surface area (Å²) in [6, 6.07) is 18.1. The van der Waals surface area contributed by atoms with Gasteiger partial charge in [0.2, 0.25) is 6.29 Å². The van der Waals surface area contributed by atoms with E-state index in [2.05, 4.69) is 0 Å². The van der Waals surface area contributed by atoms with Gasteiger partial charge in [-0.2, -0.15) is 0 Å². The Kier molecular flexibility index (Phi) is 8.59. The molecule has 0 radical (unpaired) electrons. The molecular weight excluding hydrogens is 590 g/mol. The number of carbonyl (C=O) groups excluding carboxylic acids is 2. The third-order valence-electron chi connectivity index (χ3n) is 8.36. The lowest BCUT2D eigenvalue weighted by Crippen LogP contribution is -2.42. The van der Waals surface area contributed by atoms with Gasteiger partial charge in [0.05, 0.1) is 22.8 Å². The highest BCUT2D eigenvalue weighted by Gasteiger charge is 2.37. The number of hydrogen-bond donors (Lipinski definition) is 3. The number of fused-ring (bicyclic) bond motifs is 1. The number of rotatable bonds is 8.